The Morgan fingerprint density at radius 1 is 1.33 bits per heavy atom. The molecule has 0 unspecified atom stereocenters. The van der Waals surface area contributed by atoms with Crippen LogP contribution in [0.4, 0.5) is 0 Å². The molecule has 2 aromatic rings. The van der Waals surface area contributed by atoms with Gasteiger partial charge >= 0.3 is 0 Å². The van der Waals surface area contributed by atoms with Gasteiger partial charge in [-0.15, -0.1) is 0 Å². The predicted octanol–water partition coefficient (Wildman–Crippen LogP) is 0.890. The van der Waals surface area contributed by atoms with Gasteiger partial charge in [0.2, 0.25) is 11.8 Å². The van der Waals surface area contributed by atoms with Crippen LogP contribution in [0.5, 0.6) is 5.88 Å². The van der Waals surface area contributed by atoms with Gasteiger partial charge in [0.05, 0.1) is 12.6 Å². The molecule has 7 nitrogen and oxygen atoms in total. The summed E-state index contributed by atoms with van der Waals surface area (Å²) < 4.78 is 30.5. The van der Waals surface area contributed by atoms with Gasteiger partial charge in [0.25, 0.3) is 0 Å². The Balaban J connectivity index is 1.73. The van der Waals surface area contributed by atoms with Crippen molar-refractivity contribution in [3.8, 4) is 5.88 Å². The summed E-state index contributed by atoms with van der Waals surface area (Å²) in [6.07, 6.45) is 4.67. The molecule has 3 heterocycles. The van der Waals surface area contributed by atoms with E-state index in [1.165, 1.54) is 0 Å². The van der Waals surface area contributed by atoms with Crippen LogP contribution in [0.2, 0.25) is 0 Å². The maximum absolute atomic E-state index is 12.2. The van der Waals surface area contributed by atoms with E-state index in [0.717, 1.165) is 11.9 Å². The number of fused-ring (bicyclic) bond motifs is 1. The number of nitrogens with zero attached hydrogens (tertiary/aromatic N) is 3. The maximum Gasteiger partial charge on any atom is 0.238 e. The van der Waals surface area contributed by atoms with Crippen molar-refractivity contribution >= 4 is 15.7 Å². The minimum atomic E-state index is -3.35. The minimum Gasteiger partial charge on any atom is -0.475 e. The van der Waals surface area contributed by atoms with Crippen molar-refractivity contribution in [2.75, 3.05) is 25.2 Å². The van der Waals surface area contributed by atoms with Gasteiger partial charge in [0.1, 0.15) is 12.4 Å². The lowest BCUT2D eigenvalue weighted by atomic mass is 10.2. The molecular weight excluding hydrogens is 330 g/mol. The lowest BCUT2D eigenvalue weighted by molar-refractivity contribution is -0.130. The number of aromatic nitrogens is 2. The third kappa shape index (κ3) is 3.94. The smallest absolute Gasteiger partial charge is 0.238 e. The first-order chi connectivity index (χ1) is 11.4. The number of carbonyl (C=O) groups excluding carboxylic acids is 1. The second-order valence-corrected chi connectivity index (χ2v) is 8.02. The Morgan fingerprint density at radius 3 is 2.88 bits per heavy atom. The molecule has 1 aliphatic heterocycles. The van der Waals surface area contributed by atoms with Crippen LogP contribution in [0.15, 0.2) is 42.7 Å². The molecule has 8 heteroatoms. The largest absolute Gasteiger partial charge is 0.475 e. The van der Waals surface area contributed by atoms with E-state index in [4.69, 9.17) is 4.74 Å². The van der Waals surface area contributed by atoms with E-state index < -0.39 is 15.6 Å². The van der Waals surface area contributed by atoms with Crippen LogP contribution in [0.25, 0.3) is 0 Å². The van der Waals surface area contributed by atoms with Crippen molar-refractivity contribution in [2.24, 2.45) is 0 Å². The number of pyridine rings is 1. The summed E-state index contributed by atoms with van der Waals surface area (Å²) in [5.74, 6) is -0.333. The summed E-state index contributed by atoms with van der Waals surface area (Å²) in [6, 6.07) is 9.16. The van der Waals surface area contributed by atoms with Crippen LogP contribution in [0.3, 0.4) is 0 Å². The van der Waals surface area contributed by atoms with Crippen LogP contribution in [-0.4, -0.2) is 53.9 Å². The maximum atomic E-state index is 12.2. The minimum absolute atomic E-state index is 0.0886. The van der Waals surface area contributed by atoms with Crippen LogP contribution < -0.4 is 4.74 Å². The van der Waals surface area contributed by atoms with Gasteiger partial charge in [-0.2, -0.15) is 0 Å². The molecule has 0 radical (unpaired) electrons. The first-order valence-electron chi connectivity index (χ1n) is 7.57. The van der Waals surface area contributed by atoms with Gasteiger partial charge in [-0.3, -0.25) is 4.79 Å². The summed E-state index contributed by atoms with van der Waals surface area (Å²) >= 11 is 0. The normalized spacial score (nSPS) is 17.4. The molecule has 24 heavy (non-hydrogen) atoms. The Hall–Kier alpha value is -2.35. The van der Waals surface area contributed by atoms with Crippen molar-refractivity contribution in [1.29, 1.82) is 0 Å². The second-order valence-electron chi connectivity index (χ2n) is 5.88. The van der Waals surface area contributed by atoms with Crippen molar-refractivity contribution in [1.82, 2.24) is 14.5 Å². The molecule has 3 rings (SSSR count). The van der Waals surface area contributed by atoms with Gasteiger partial charge in [-0.05, 0) is 18.2 Å². The van der Waals surface area contributed by atoms with Crippen molar-refractivity contribution in [2.45, 2.75) is 12.6 Å². The van der Waals surface area contributed by atoms with E-state index in [1.54, 1.807) is 17.2 Å². The third-order valence-corrected chi connectivity index (χ3v) is 4.62. The van der Waals surface area contributed by atoms with Crippen molar-refractivity contribution in [3.63, 3.8) is 0 Å². The van der Waals surface area contributed by atoms with E-state index in [9.17, 15) is 13.2 Å². The summed E-state index contributed by atoms with van der Waals surface area (Å²) in [4.78, 5) is 17.9. The average molecular weight is 349 g/mol. The number of hydrogen-bond acceptors (Lipinski definition) is 5. The first kappa shape index (κ1) is 16.5. The average Bonchev–Trinajstić information content (AvgIpc) is 3.00. The summed E-state index contributed by atoms with van der Waals surface area (Å²) in [6.45, 7) is 1.16. The highest BCUT2D eigenvalue weighted by atomic mass is 32.2. The molecule has 0 N–H and O–H groups in total. The fourth-order valence-corrected chi connectivity index (χ4v) is 3.41. The topological polar surface area (TPSA) is 81.5 Å². The fourth-order valence-electron chi connectivity index (χ4n) is 2.77. The number of carbonyl (C=O) groups is 1. The number of amides is 1. The number of ether oxygens (including phenoxy) is 1. The summed E-state index contributed by atoms with van der Waals surface area (Å²) in [5, 5.41) is 0. The zero-order valence-corrected chi connectivity index (χ0v) is 14.1. The number of hydrogen-bond donors (Lipinski definition) is 0. The molecule has 1 amide bonds. The molecule has 0 bridgehead atoms. The van der Waals surface area contributed by atoms with Gasteiger partial charge in [-0.1, -0.05) is 6.07 Å². The molecule has 1 atom stereocenters. The highest BCUT2D eigenvalue weighted by Gasteiger charge is 2.29. The van der Waals surface area contributed by atoms with Crippen LogP contribution >= 0.6 is 0 Å². The van der Waals surface area contributed by atoms with E-state index in [0.29, 0.717) is 25.6 Å². The zero-order chi connectivity index (χ0) is 17.2. The molecule has 0 spiro atoms. The lowest BCUT2D eigenvalue weighted by Crippen LogP contribution is -2.44. The number of sulfone groups is 1. The van der Waals surface area contributed by atoms with E-state index in [-0.39, 0.29) is 11.9 Å². The van der Waals surface area contributed by atoms with Gasteiger partial charge < -0.3 is 14.2 Å². The quantitative estimate of drug-likeness (QED) is 0.801. The van der Waals surface area contributed by atoms with Gasteiger partial charge in [0, 0.05) is 37.0 Å². The SMILES string of the molecule is CS(=O)(=O)CC(=O)N1Cc2cccn2[C@@H](COc2ccccn2)C1. The highest BCUT2D eigenvalue weighted by molar-refractivity contribution is 7.91. The Kier molecular flexibility index (Phi) is 4.57. The Morgan fingerprint density at radius 2 is 2.17 bits per heavy atom. The molecule has 2 aromatic heterocycles. The third-order valence-electron chi connectivity index (χ3n) is 3.84. The fraction of sp³-hybridized carbons (Fsp3) is 0.375. The Bertz CT molecular complexity index is 817. The zero-order valence-electron chi connectivity index (χ0n) is 13.3. The summed E-state index contributed by atoms with van der Waals surface area (Å²) in [7, 11) is -3.35. The van der Waals surface area contributed by atoms with Gasteiger partial charge in [-0.25, -0.2) is 13.4 Å². The molecule has 0 fully saturated rings. The molecule has 1 aliphatic rings. The predicted molar refractivity (Wildman–Crippen MR) is 88.3 cm³/mol. The van der Waals surface area contributed by atoms with Gasteiger partial charge in [0.15, 0.2) is 9.84 Å². The highest BCUT2D eigenvalue weighted by Crippen LogP contribution is 2.23. The van der Waals surface area contributed by atoms with Crippen LogP contribution in [0.1, 0.15) is 11.7 Å². The van der Waals surface area contributed by atoms with E-state index >= 15 is 0 Å². The molecule has 0 aliphatic carbocycles. The molecular formula is C16H19N3O4S. The Labute approximate surface area is 140 Å². The van der Waals surface area contributed by atoms with Crippen LogP contribution in [-0.2, 0) is 21.2 Å². The monoisotopic (exact) mass is 349 g/mol. The number of rotatable bonds is 5. The van der Waals surface area contributed by atoms with Crippen LogP contribution in [0, 0.1) is 0 Å². The standard InChI is InChI=1S/C16H19N3O4S/c1-24(21,22)12-16(20)18-9-13-5-4-8-19(13)14(10-18)11-23-15-6-2-3-7-17-15/h2-8,14H,9-12H2,1H3/t14-/m1/s1. The summed E-state index contributed by atoms with van der Waals surface area (Å²) in [5.41, 5.74) is 0.956. The van der Waals surface area contributed by atoms with Crippen molar-refractivity contribution in [3.05, 3.63) is 48.4 Å². The second kappa shape index (κ2) is 6.64. The van der Waals surface area contributed by atoms with E-state index in [2.05, 4.69) is 9.55 Å². The first-order valence-corrected chi connectivity index (χ1v) is 9.63. The molecule has 0 aromatic carbocycles. The lowest BCUT2D eigenvalue weighted by Gasteiger charge is -2.34. The molecule has 0 saturated heterocycles. The molecule has 0 saturated carbocycles. The molecule has 128 valence electrons. The van der Waals surface area contributed by atoms with E-state index in [1.807, 2.05) is 30.5 Å². The van der Waals surface area contributed by atoms with Crippen molar-refractivity contribution < 1.29 is 17.9 Å².